The van der Waals surface area contributed by atoms with Gasteiger partial charge >= 0.3 is 6.09 Å². The molecular formula is C42H57F2N5O10S. The third-order valence-electron chi connectivity index (χ3n) is 12.5. The van der Waals surface area contributed by atoms with Crippen LogP contribution in [0.5, 0.6) is 17.5 Å². The Hall–Kier alpha value is -4.74. The molecule has 4 aliphatic rings. The summed E-state index contributed by atoms with van der Waals surface area (Å²) in [7, 11) is -2.53. The normalized spacial score (nSPS) is 28.8. The average molecular weight is 862 g/mol. The van der Waals surface area contributed by atoms with Crippen LogP contribution in [-0.4, -0.2) is 102 Å². The highest BCUT2D eigenvalue weighted by Gasteiger charge is 2.63. The molecule has 0 bridgehead atoms. The van der Waals surface area contributed by atoms with Crippen molar-refractivity contribution in [1.82, 2.24) is 25.2 Å². The molecule has 1 aromatic heterocycles. The summed E-state index contributed by atoms with van der Waals surface area (Å²) in [6.45, 7) is 9.97. The number of hydrogen-bond acceptors (Lipinski definition) is 11. The SMILES string of the molecule is CCOc1cc2cc(OC)ccc2c(O[C@@H]2C[C@H]3C(=O)N[C@]4(C(=O)NS(=O)(=O)C5(C)CC5)CC4/C=C\CC[C@H](C)C[C@@H](C)[C@H](NC(=O)OC(C)(C)C(C)(F)F)C(=O)N3C2)n1. The first-order chi connectivity index (χ1) is 28.0. The number of nitrogens with one attached hydrogen (secondary N) is 3. The Kier molecular flexibility index (Phi) is 12.4. The zero-order valence-electron chi connectivity index (χ0n) is 35.4. The summed E-state index contributed by atoms with van der Waals surface area (Å²) in [5, 5.41) is 6.67. The Morgan fingerprint density at radius 3 is 2.47 bits per heavy atom. The van der Waals surface area contributed by atoms with E-state index in [4.69, 9.17) is 18.9 Å². The maximum atomic E-state index is 14.9. The van der Waals surface area contributed by atoms with Gasteiger partial charge in [-0.1, -0.05) is 26.0 Å². The van der Waals surface area contributed by atoms with Gasteiger partial charge in [-0.3, -0.25) is 19.1 Å². The molecule has 3 fully saturated rings. The van der Waals surface area contributed by atoms with Gasteiger partial charge in [0.15, 0.2) is 5.60 Å². The molecule has 1 saturated heterocycles. The number of benzene rings is 1. The molecule has 330 valence electrons. The van der Waals surface area contributed by atoms with Crippen LogP contribution in [0.2, 0.25) is 0 Å². The number of aromatic nitrogens is 1. The predicted octanol–water partition coefficient (Wildman–Crippen LogP) is 5.40. The molecule has 6 rings (SSSR count). The Bertz CT molecular complexity index is 2140. The molecular weight excluding hydrogens is 805 g/mol. The van der Waals surface area contributed by atoms with Gasteiger partial charge in [-0.05, 0) is 102 Å². The standard InChI is InChI=1S/C42H57F2N5O10S/c1-9-57-32-20-26-19-28(56-8)14-15-30(26)35(45-32)58-29-21-31-34(50)47-42(37(52)48-60(54,55)40(6)16-17-40)22-27(42)13-11-10-12-24(2)18-25(3)33(36(51)49(31)23-29)46-38(53)59-39(4,5)41(7,43)44/h11,13-15,19-20,24-25,27,29,31,33H,9-10,12,16-18,21-23H2,1-8H3,(H,46,53)(H,47,50)(H,48,52)/b13-11-/t24-,25+,27?,29+,31-,33-,42+/m0/s1. The minimum Gasteiger partial charge on any atom is -0.497 e. The molecule has 15 nitrogen and oxygen atoms in total. The molecule has 4 amide bonds. The topological polar surface area (TPSA) is 192 Å². The fraction of sp³-hybridized carbons (Fsp3) is 0.643. The second kappa shape index (κ2) is 16.6. The number of methoxy groups -OCH3 is 1. The zero-order chi connectivity index (χ0) is 44.0. The van der Waals surface area contributed by atoms with Crippen LogP contribution in [0.25, 0.3) is 10.8 Å². The number of rotatable bonds is 11. The smallest absolute Gasteiger partial charge is 0.408 e. The van der Waals surface area contributed by atoms with Crippen molar-refractivity contribution in [3.8, 4) is 17.5 Å². The third kappa shape index (κ3) is 9.27. The lowest BCUT2D eigenvalue weighted by molar-refractivity contribution is -0.152. The van der Waals surface area contributed by atoms with E-state index in [0.717, 1.165) is 13.8 Å². The predicted molar refractivity (Wildman–Crippen MR) is 217 cm³/mol. The number of alkyl carbamates (subject to hydrolysis) is 1. The molecule has 1 unspecified atom stereocenters. The number of hydrogen-bond donors (Lipinski definition) is 3. The van der Waals surface area contributed by atoms with Gasteiger partial charge in [0, 0.05) is 30.7 Å². The quantitative estimate of drug-likeness (QED) is 0.245. The number of sulfonamides is 1. The van der Waals surface area contributed by atoms with E-state index in [0.29, 0.717) is 62.2 Å². The Balaban J connectivity index is 1.37. The van der Waals surface area contributed by atoms with E-state index in [1.54, 1.807) is 45.0 Å². The number of carbonyl (C=O) groups is 4. The Morgan fingerprint density at radius 1 is 1.10 bits per heavy atom. The molecule has 18 heteroatoms. The summed E-state index contributed by atoms with van der Waals surface area (Å²) < 4.78 is 79.3. The van der Waals surface area contributed by atoms with E-state index < -0.39 is 85.7 Å². The monoisotopic (exact) mass is 861 g/mol. The minimum absolute atomic E-state index is 0.0109. The molecule has 2 saturated carbocycles. The van der Waals surface area contributed by atoms with Crippen LogP contribution in [0.4, 0.5) is 13.6 Å². The largest absolute Gasteiger partial charge is 0.497 e. The number of pyridine rings is 1. The highest BCUT2D eigenvalue weighted by atomic mass is 32.2. The summed E-state index contributed by atoms with van der Waals surface area (Å²) in [5.74, 6) is -5.83. The van der Waals surface area contributed by atoms with E-state index in [-0.39, 0.29) is 37.1 Å². The second-order valence-electron chi connectivity index (χ2n) is 17.7. The second-order valence-corrected chi connectivity index (χ2v) is 19.9. The van der Waals surface area contributed by atoms with Gasteiger partial charge < -0.3 is 34.5 Å². The number of halogens is 2. The fourth-order valence-corrected chi connectivity index (χ4v) is 9.16. The summed E-state index contributed by atoms with van der Waals surface area (Å²) in [4.78, 5) is 62.7. The third-order valence-corrected chi connectivity index (χ3v) is 14.6. The van der Waals surface area contributed by atoms with Crippen molar-refractivity contribution in [3.63, 3.8) is 0 Å². The van der Waals surface area contributed by atoms with Crippen molar-refractivity contribution in [2.75, 3.05) is 20.3 Å². The number of alkyl halides is 2. The van der Waals surface area contributed by atoms with Gasteiger partial charge in [0.05, 0.1) is 25.0 Å². The number of ether oxygens (including phenoxy) is 4. The molecule has 2 aliphatic carbocycles. The van der Waals surface area contributed by atoms with E-state index in [1.807, 2.05) is 19.1 Å². The van der Waals surface area contributed by atoms with Crippen LogP contribution >= 0.6 is 0 Å². The number of allylic oxidation sites excluding steroid dienone is 1. The van der Waals surface area contributed by atoms with Crippen molar-refractivity contribution >= 4 is 44.6 Å². The van der Waals surface area contributed by atoms with Gasteiger partial charge in [-0.2, -0.15) is 4.98 Å². The van der Waals surface area contributed by atoms with Crippen LogP contribution in [0.15, 0.2) is 36.4 Å². The number of fused-ring (bicyclic) bond motifs is 3. The van der Waals surface area contributed by atoms with Gasteiger partial charge in [0.1, 0.15) is 29.5 Å². The molecule has 3 heterocycles. The lowest BCUT2D eigenvalue weighted by Crippen LogP contribution is -2.59. The van der Waals surface area contributed by atoms with Crippen LogP contribution < -0.4 is 29.6 Å². The van der Waals surface area contributed by atoms with E-state index in [1.165, 1.54) is 12.0 Å². The van der Waals surface area contributed by atoms with E-state index >= 15 is 0 Å². The number of carbonyl (C=O) groups excluding carboxylic acids is 4. The zero-order valence-corrected chi connectivity index (χ0v) is 36.2. The molecule has 0 spiro atoms. The van der Waals surface area contributed by atoms with Crippen molar-refractivity contribution < 1.29 is 55.3 Å². The average Bonchev–Trinajstić information content (AvgIpc) is 4.04. The molecule has 2 aliphatic heterocycles. The Labute approximate surface area is 349 Å². The van der Waals surface area contributed by atoms with Crippen LogP contribution in [0.3, 0.4) is 0 Å². The van der Waals surface area contributed by atoms with Gasteiger partial charge in [0.2, 0.25) is 33.6 Å². The lowest BCUT2D eigenvalue weighted by Gasteiger charge is -2.35. The molecule has 60 heavy (non-hydrogen) atoms. The van der Waals surface area contributed by atoms with Crippen molar-refractivity contribution in [2.45, 2.75) is 133 Å². The fourth-order valence-electron chi connectivity index (χ4n) is 7.85. The van der Waals surface area contributed by atoms with Crippen LogP contribution in [0, 0.1) is 17.8 Å². The summed E-state index contributed by atoms with van der Waals surface area (Å²) in [6.07, 6.45) is 4.07. The lowest BCUT2D eigenvalue weighted by atomic mass is 9.88. The van der Waals surface area contributed by atoms with Crippen molar-refractivity contribution in [3.05, 3.63) is 36.4 Å². The number of nitrogens with zero attached hydrogens (tertiary/aromatic N) is 2. The van der Waals surface area contributed by atoms with Crippen LogP contribution in [0.1, 0.15) is 93.4 Å². The van der Waals surface area contributed by atoms with E-state index in [2.05, 4.69) is 20.3 Å². The molecule has 3 N–H and O–H groups in total. The van der Waals surface area contributed by atoms with Gasteiger partial charge in [-0.15, -0.1) is 0 Å². The maximum Gasteiger partial charge on any atom is 0.408 e. The molecule has 2 aromatic rings. The molecule has 7 atom stereocenters. The first kappa shape index (κ1) is 44.8. The number of amides is 4. The van der Waals surface area contributed by atoms with Crippen molar-refractivity contribution in [2.24, 2.45) is 17.8 Å². The summed E-state index contributed by atoms with van der Waals surface area (Å²) in [6, 6.07) is 4.38. The van der Waals surface area contributed by atoms with Gasteiger partial charge in [-0.25, -0.2) is 22.0 Å². The molecule has 0 radical (unpaired) electrons. The maximum absolute atomic E-state index is 14.9. The van der Waals surface area contributed by atoms with Gasteiger partial charge in [0.25, 0.3) is 11.8 Å². The van der Waals surface area contributed by atoms with Crippen LogP contribution in [-0.2, 0) is 29.1 Å². The minimum atomic E-state index is -4.07. The van der Waals surface area contributed by atoms with Crippen molar-refractivity contribution in [1.29, 1.82) is 0 Å². The molecule has 1 aromatic carbocycles. The summed E-state index contributed by atoms with van der Waals surface area (Å²) in [5.41, 5.74) is -3.85. The summed E-state index contributed by atoms with van der Waals surface area (Å²) >= 11 is 0. The Morgan fingerprint density at radius 2 is 1.82 bits per heavy atom. The first-order valence-corrected chi connectivity index (χ1v) is 22.0. The highest BCUT2D eigenvalue weighted by molar-refractivity contribution is 7.91. The van der Waals surface area contributed by atoms with E-state index in [9.17, 15) is 36.4 Å². The first-order valence-electron chi connectivity index (χ1n) is 20.5. The highest BCUT2D eigenvalue weighted by Crippen LogP contribution is 2.48.